The van der Waals surface area contributed by atoms with Gasteiger partial charge in [-0.1, -0.05) is 12.1 Å². The first-order valence-electron chi connectivity index (χ1n) is 4.84. The minimum atomic E-state index is -3.38. The lowest BCUT2D eigenvalue weighted by Crippen LogP contribution is -2.21. The number of hydrogen-bond donors (Lipinski definition) is 3. The summed E-state index contributed by atoms with van der Waals surface area (Å²) in [4.78, 5) is 10.9. The number of carboxylic acid groups (broad SMARTS) is 1. The molecule has 1 atom stereocenters. The topological polar surface area (TPSA) is 109 Å². The van der Waals surface area contributed by atoms with Gasteiger partial charge in [-0.25, -0.2) is 8.42 Å². The SMILES string of the molecule is CS(=O)(=O)Nc1cccc(C(CN)C(=O)O)c1. The predicted molar refractivity (Wildman–Crippen MR) is 64.3 cm³/mol. The zero-order valence-electron chi connectivity index (χ0n) is 9.25. The lowest BCUT2D eigenvalue weighted by atomic mass is 9.99. The van der Waals surface area contributed by atoms with Crippen molar-refractivity contribution in [2.75, 3.05) is 17.5 Å². The Morgan fingerprint density at radius 3 is 2.65 bits per heavy atom. The maximum absolute atomic E-state index is 11.0. The molecular formula is C10H14N2O4S. The summed E-state index contributed by atoms with van der Waals surface area (Å²) in [6.45, 7) is -0.0440. The van der Waals surface area contributed by atoms with E-state index in [0.29, 0.717) is 11.3 Å². The van der Waals surface area contributed by atoms with Gasteiger partial charge in [-0.2, -0.15) is 0 Å². The van der Waals surface area contributed by atoms with Crippen LogP contribution in [0.25, 0.3) is 0 Å². The van der Waals surface area contributed by atoms with Gasteiger partial charge in [-0.15, -0.1) is 0 Å². The number of sulfonamides is 1. The second-order valence-corrected chi connectivity index (χ2v) is 5.37. The number of nitrogens with two attached hydrogens (primary N) is 1. The molecule has 17 heavy (non-hydrogen) atoms. The molecule has 0 aliphatic heterocycles. The molecule has 0 saturated heterocycles. The van der Waals surface area contributed by atoms with Crippen LogP contribution in [-0.4, -0.2) is 32.3 Å². The van der Waals surface area contributed by atoms with Crippen LogP contribution in [0.3, 0.4) is 0 Å². The monoisotopic (exact) mass is 258 g/mol. The second-order valence-electron chi connectivity index (χ2n) is 3.63. The maximum atomic E-state index is 11.0. The Balaban J connectivity index is 3.04. The summed E-state index contributed by atoms with van der Waals surface area (Å²) in [5.74, 6) is -1.87. The largest absolute Gasteiger partial charge is 0.481 e. The predicted octanol–water partition coefficient (Wildman–Crippen LogP) is 0.185. The fourth-order valence-corrected chi connectivity index (χ4v) is 1.97. The van der Waals surface area contributed by atoms with E-state index < -0.39 is 21.9 Å². The van der Waals surface area contributed by atoms with E-state index in [0.717, 1.165) is 6.26 Å². The molecule has 0 bridgehead atoms. The number of carboxylic acids is 1. The van der Waals surface area contributed by atoms with Crippen molar-refractivity contribution in [2.45, 2.75) is 5.92 Å². The van der Waals surface area contributed by atoms with Gasteiger partial charge in [0.15, 0.2) is 0 Å². The Kier molecular flexibility index (Phi) is 4.08. The molecule has 1 unspecified atom stereocenters. The fourth-order valence-electron chi connectivity index (χ4n) is 1.41. The average molecular weight is 258 g/mol. The first kappa shape index (κ1) is 13.5. The van der Waals surface area contributed by atoms with Crippen LogP contribution >= 0.6 is 0 Å². The Bertz CT molecular complexity index is 513. The number of nitrogens with one attached hydrogen (secondary N) is 1. The molecule has 0 aromatic heterocycles. The fraction of sp³-hybridized carbons (Fsp3) is 0.300. The third-order valence-corrected chi connectivity index (χ3v) is 2.73. The lowest BCUT2D eigenvalue weighted by Gasteiger charge is -2.11. The molecule has 0 aliphatic carbocycles. The Morgan fingerprint density at radius 1 is 1.53 bits per heavy atom. The maximum Gasteiger partial charge on any atom is 0.312 e. The van der Waals surface area contributed by atoms with Crippen LogP contribution in [0.5, 0.6) is 0 Å². The molecule has 94 valence electrons. The Hall–Kier alpha value is -1.60. The molecule has 0 spiro atoms. The van der Waals surface area contributed by atoms with E-state index in [9.17, 15) is 13.2 Å². The van der Waals surface area contributed by atoms with E-state index in [1.165, 1.54) is 6.07 Å². The van der Waals surface area contributed by atoms with Gasteiger partial charge in [0.1, 0.15) is 0 Å². The van der Waals surface area contributed by atoms with Gasteiger partial charge in [0.25, 0.3) is 0 Å². The summed E-state index contributed by atoms with van der Waals surface area (Å²) in [5, 5.41) is 8.93. The molecule has 4 N–H and O–H groups in total. The highest BCUT2D eigenvalue weighted by Crippen LogP contribution is 2.19. The van der Waals surface area contributed by atoms with Crippen LogP contribution in [-0.2, 0) is 14.8 Å². The molecule has 0 heterocycles. The van der Waals surface area contributed by atoms with Gasteiger partial charge < -0.3 is 10.8 Å². The van der Waals surface area contributed by atoms with Crippen molar-refractivity contribution < 1.29 is 18.3 Å². The molecule has 7 heteroatoms. The molecule has 6 nitrogen and oxygen atoms in total. The minimum absolute atomic E-state index is 0.0440. The van der Waals surface area contributed by atoms with Crippen molar-refractivity contribution in [3.05, 3.63) is 29.8 Å². The van der Waals surface area contributed by atoms with Crippen molar-refractivity contribution in [3.8, 4) is 0 Å². The van der Waals surface area contributed by atoms with Gasteiger partial charge in [-0.05, 0) is 17.7 Å². The molecule has 1 rings (SSSR count). The van der Waals surface area contributed by atoms with Gasteiger partial charge >= 0.3 is 5.97 Å². The highest BCUT2D eigenvalue weighted by Gasteiger charge is 2.18. The highest BCUT2D eigenvalue weighted by atomic mass is 32.2. The first-order valence-corrected chi connectivity index (χ1v) is 6.73. The summed E-state index contributed by atoms with van der Waals surface area (Å²) >= 11 is 0. The summed E-state index contributed by atoms with van der Waals surface area (Å²) in [7, 11) is -3.38. The number of rotatable bonds is 5. The summed E-state index contributed by atoms with van der Waals surface area (Å²) in [6, 6.07) is 6.18. The number of hydrogen-bond acceptors (Lipinski definition) is 4. The molecule has 0 radical (unpaired) electrons. The Labute approximate surface area is 99.5 Å². The van der Waals surface area contributed by atoms with Crippen molar-refractivity contribution in [3.63, 3.8) is 0 Å². The summed E-state index contributed by atoms with van der Waals surface area (Å²) < 4.78 is 24.3. The molecule has 0 saturated carbocycles. The van der Waals surface area contributed by atoms with E-state index in [1.54, 1.807) is 18.2 Å². The standard InChI is InChI=1S/C10H14N2O4S/c1-17(15,16)12-8-4-2-3-7(5-8)9(6-11)10(13)14/h2-5,9,12H,6,11H2,1H3,(H,13,14). The number of carbonyl (C=O) groups is 1. The highest BCUT2D eigenvalue weighted by molar-refractivity contribution is 7.92. The first-order chi connectivity index (χ1) is 7.83. The van der Waals surface area contributed by atoms with Crippen LogP contribution in [0.15, 0.2) is 24.3 Å². The number of anilines is 1. The third kappa shape index (κ3) is 4.04. The van der Waals surface area contributed by atoms with Crippen molar-refractivity contribution in [2.24, 2.45) is 5.73 Å². The number of aliphatic carboxylic acids is 1. The van der Waals surface area contributed by atoms with Crippen molar-refractivity contribution in [1.29, 1.82) is 0 Å². The van der Waals surface area contributed by atoms with E-state index in [1.807, 2.05) is 0 Å². The molecule has 0 amide bonds. The van der Waals surface area contributed by atoms with E-state index in [-0.39, 0.29) is 6.54 Å². The van der Waals surface area contributed by atoms with Crippen LogP contribution < -0.4 is 10.5 Å². The van der Waals surface area contributed by atoms with Gasteiger partial charge in [0.05, 0.1) is 12.2 Å². The molecular weight excluding hydrogens is 244 g/mol. The Morgan fingerprint density at radius 2 is 2.18 bits per heavy atom. The smallest absolute Gasteiger partial charge is 0.312 e. The van der Waals surface area contributed by atoms with Crippen molar-refractivity contribution >= 4 is 21.7 Å². The molecule has 0 aliphatic rings. The van der Waals surface area contributed by atoms with Crippen LogP contribution in [0, 0.1) is 0 Å². The average Bonchev–Trinajstić information content (AvgIpc) is 2.15. The lowest BCUT2D eigenvalue weighted by molar-refractivity contribution is -0.138. The quantitative estimate of drug-likeness (QED) is 0.698. The summed E-state index contributed by atoms with van der Waals surface area (Å²) in [5.41, 5.74) is 6.15. The van der Waals surface area contributed by atoms with E-state index in [4.69, 9.17) is 10.8 Å². The van der Waals surface area contributed by atoms with Crippen LogP contribution in [0.4, 0.5) is 5.69 Å². The van der Waals surface area contributed by atoms with Gasteiger partial charge in [0.2, 0.25) is 10.0 Å². The second kappa shape index (κ2) is 5.15. The zero-order valence-corrected chi connectivity index (χ0v) is 10.1. The molecule has 1 aromatic carbocycles. The molecule has 0 fully saturated rings. The summed E-state index contributed by atoms with van der Waals surface area (Å²) in [6.07, 6.45) is 1.03. The zero-order chi connectivity index (χ0) is 13.1. The third-order valence-electron chi connectivity index (χ3n) is 2.13. The van der Waals surface area contributed by atoms with E-state index >= 15 is 0 Å². The minimum Gasteiger partial charge on any atom is -0.481 e. The van der Waals surface area contributed by atoms with Gasteiger partial charge in [-0.3, -0.25) is 9.52 Å². The van der Waals surface area contributed by atoms with Crippen LogP contribution in [0.1, 0.15) is 11.5 Å². The normalized spacial score (nSPS) is 13.1. The number of benzene rings is 1. The molecule has 1 aromatic rings. The van der Waals surface area contributed by atoms with Gasteiger partial charge in [0, 0.05) is 12.2 Å². The van der Waals surface area contributed by atoms with Crippen molar-refractivity contribution in [1.82, 2.24) is 0 Å². The van der Waals surface area contributed by atoms with Crippen LogP contribution in [0.2, 0.25) is 0 Å². The van der Waals surface area contributed by atoms with E-state index in [2.05, 4.69) is 4.72 Å².